The highest BCUT2D eigenvalue weighted by Crippen LogP contribution is 2.77. The molecule has 0 heterocycles. The Bertz CT molecular complexity index is 759. The van der Waals surface area contributed by atoms with Gasteiger partial charge in [-0.3, -0.25) is 14.4 Å². The molecule has 3 unspecified atom stereocenters. The van der Waals surface area contributed by atoms with Crippen LogP contribution in [0.25, 0.3) is 0 Å². The van der Waals surface area contributed by atoms with Gasteiger partial charge in [0.05, 0.1) is 22.9 Å². The largest absolute Gasteiger partial charge is 0.481 e. The summed E-state index contributed by atoms with van der Waals surface area (Å²) in [4.78, 5) is 37.4. The lowest BCUT2D eigenvalue weighted by molar-refractivity contribution is -0.191. The SMILES string of the molecule is C=C1C[C@]23C[C@H]1CC[C@H]2[C@]1(C(=O)O)CC[C@H](O)C(C)(C(=O)O)C1C3C(=O)O. The molecule has 0 aromatic carbocycles. The van der Waals surface area contributed by atoms with Crippen LogP contribution in [0.2, 0.25) is 0 Å². The van der Waals surface area contributed by atoms with Crippen LogP contribution in [0.1, 0.15) is 45.4 Å². The fourth-order valence-electron chi connectivity index (χ4n) is 7.69. The van der Waals surface area contributed by atoms with Crippen molar-refractivity contribution in [3.63, 3.8) is 0 Å². The highest BCUT2D eigenvalue weighted by Gasteiger charge is 2.80. The average Bonchev–Trinajstić information content (AvgIpc) is 2.99. The Morgan fingerprint density at radius 1 is 1.07 bits per heavy atom. The van der Waals surface area contributed by atoms with Crippen LogP contribution in [0.3, 0.4) is 0 Å². The Morgan fingerprint density at radius 3 is 2.30 bits per heavy atom. The van der Waals surface area contributed by atoms with Crippen LogP contribution < -0.4 is 0 Å². The molecule has 27 heavy (non-hydrogen) atoms. The smallest absolute Gasteiger partial charge is 0.312 e. The number of rotatable bonds is 3. The molecule has 148 valence electrons. The molecular formula is C20H26O7. The third-order valence-corrected chi connectivity index (χ3v) is 8.68. The Morgan fingerprint density at radius 2 is 1.74 bits per heavy atom. The Kier molecular flexibility index (Phi) is 3.65. The molecule has 2 bridgehead atoms. The van der Waals surface area contributed by atoms with Crippen molar-refractivity contribution in [3.8, 4) is 0 Å². The third-order valence-electron chi connectivity index (χ3n) is 8.68. The fourth-order valence-corrected chi connectivity index (χ4v) is 7.69. The van der Waals surface area contributed by atoms with Crippen molar-refractivity contribution >= 4 is 17.9 Å². The molecule has 0 aromatic heterocycles. The van der Waals surface area contributed by atoms with E-state index >= 15 is 0 Å². The third kappa shape index (κ3) is 1.88. The minimum Gasteiger partial charge on any atom is -0.481 e. The molecule has 8 atom stereocenters. The van der Waals surface area contributed by atoms with Gasteiger partial charge in [-0.2, -0.15) is 0 Å². The molecule has 7 heteroatoms. The molecule has 0 aromatic rings. The van der Waals surface area contributed by atoms with Gasteiger partial charge in [0.25, 0.3) is 0 Å². The highest BCUT2D eigenvalue weighted by molar-refractivity contribution is 5.86. The summed E-state index contributed by atoms with van der Waals surface area (Å²) in [7, 11) is 0. The first-order valence-corrected chi connectivity index (χ1v) is 9.58. The van der Waals surface area contributed by atoms with Crippen LogP contribution in [0.15, 0.2) is 12.2 Å². The van der Waals surface area contributed by atoms with Gasteiger partial charge >= 0.3 is 17.9 Å². The van der Waals surface area contributed by atoms with E-state index in [9.17, 15) is 34.8 Å². The van der Waals surface area contributed by atoms with Crippen molar-refractivity contribution in [2.45, 2.75) is 51.6 Å². The molecular weight excluding hydrogens is 352 g/mol. The van der Waals surface area contributed by atoms with E-state index in [1.54, 1.807) is 0 Å². The normalized spacial score (nSPS) is 50.7. The molecule has 4 saturated carbocycles. The predicted molar refractivity (Wildman–Crippen MR) is 92.7 cm³/mol. The van der Waals surface area contributed by atoms with Gasteiger partial charge in [-0.05, 0) is 62.7 Å². The van der Waals surface area contributed by atoms with Crippen LogP contribution in [0.5, 0.6) is 0 Å². The van der Waals surface area contributed by atoms with Crippen molar-refractivity contribution in [3.05, 3.63) is 12.2 Å². The van der Waals surface area contributed by atoms with Crippen LogP contribution in [-0.4, -0.2) is 44.4 Å². The minimum absolute atomic E-state index is 0.0505. The summed E-state index contributed by atoms with van der Waals surface area (Å²) >= 11 is 0. The summed E-state index contributed by atoms with van der Waals surface area (Å²) in [5, 5.41) is 41.1. The zero-order valence-corrected chi connectivity index (χ0v) is 15.4. The maximum atomic E-state index is 12.7. The zero-order chi connectivity index (χ0) is 19.9. The van der Waals surface area contributed by atoms with E-state index in [-0.39, 0.29) is 18.8 Å². The lowest BCUT2D eigenvalue weighted by Crippen LogP contribution is -2.60. The number of hydrogen-bond donors (Lipinski definition) is 4. The van der Waals surface area contributed by atoms with Crippen molar-refractivity contribution in [1.82, 2.24) is 0 Å². The van der Waals surface area contributed by atoms with E-state index in [4.69, 9.17) is 0 Å². The van der Waals surface area contributed by atoms with Gasteiger partial charge in [0.2, 0.25) is 0 Å². The molecule has 1 spiro atoms. The maximum Gasteiger partial charge on any atom is 0.312 e. The van der Waals surface area contributed by atoms with Gasteiger partial charge in [0.15, 0.2) is 0 Å². The quantitative estimate of drug-likeness (QED) is 0.552. The second kappa shape index (κ2) is 5.34. The maximum absolute atomic E-state index is 12.7. The van der Waals surface area contributed by atoms with Crippen molar-refractivity contribution in [2.75, 3.05) is 0 Å². The van der Waals surface area contributed by atoms with Crippen LogP contribution >= 0.6 is 0 Å². The van der Waals surface area contributed by atoms with Gasteiger partial charge in [-0.1, -0.05) is 12.2 Å². The molecule has 7 nitrogen and oxygen atoms in total. The lowest BCUT2D eigenvalue weighted by Gasteiger charge is -2.51. The summed E-state index contributed by atoms with van der Waals surface area (Å²) < 4.78 is 0. The van der Waals surface area contributed by atoms with E-state index in [1.807, 2.05) is 0 Å². The first-order valence-electron chi connectivity index (χ1n) is 9.58. The summed E-state index contributed by atoms with van der Waals surface area (Å²) in [5.74, 6) is -6.08. The second-order valence-electron chi connectivity index (χ2n) is 9.38. The molecule has 4 aliphatic rings. The molecule has 4 N–H and O–H groups in total. The number of carboxylic acid groups (broad SMARTS) is 3. The molecule has 0 aliphatic heterocycles. The number of aliphatic hydroxyl groups is 1. The van der Waals surface area contributed by atoms with Crippen molar-refractivity contribution < 1.29 is 34.8 Å². The topological polar surface area (TPSA) is 132 Å². The standard InChI is InChI=1S/C20H26O7/c1-9-7-19-8-10(9)3-4-11(19)20(17(26)27)6-5-12(21)18(2,16(24)25)14(20)13(19)15(22)23/h10-14,21H,1,3-8H2,2H3,(H,22,23)(H,24,25)(H,26,27)/t10-,11-,12+,13?,14?,18?,19+,20-/m1/s1. The Balaban J connectivity index is 2.02. The van der Waals surface area contributed by atoms with Crippen LogP contribution in [-0.2, 0) is 14.4 Å². The molecule has 4 aliphatic carbocycles. The Labute approximate surface area is 157 Å². The number of fused-ring (bicyclic) bond motifs is 3. The molecule has 4 fully saturated rings. The summed E-state index contributed by atoms with van der Waals surface area (Å²) in [6, 6.07) is 0. The molecule has 0 radical (unpaired) electrons. The van der Waals surface area contributed by atoms with Gasteiger partial charge < -0.3 is 20.4 Å². The monoisotopic (exact) mass is 378 g/mol. The molecule has 0 amide bonds. The highest BCUT2D eigenvalue weighted by atomic mass is 16.4. The van der Waals surface area contributed by atoms with Gasteiger partial charge in [-0.15, -0.1) is 0 Å². The minimum atomic E-state index is -1.81. The lowest BCUT2D eigenvalue weighted by atomic mass is 9.51. The van der Waals surface area contributed by atoms with Crippen molar-refractivity contribution in [2.24, 2.45) is 39.9 Å². The number of hydrogen-bond acceptors (Lipinski definition) is 4. The number of carbonyl (C=O) groups is 3. The van der Waals surface area contributed by atoms with E-state index in [2.05, 4.69) is 6.58 Å². The average molecular weight is 378 g/mol. The number of carboxylic acids is 3. The van der Waals surface area contributed by atoms with E-state index in [1.165, 1.54) is 6.92 Å². The first kappa shape index (κ1) is 18.5. The zero-order valence-electron chi connectivity index (χ0n) is 15.4. The van der Waals surface area contributed by atoms with E-state index in [0.717, 1.165) is 12.0 Å². The second-order valence-corrected chi connectivity index (χ2v) is 9.38. The predicted octanol–water partition coefficient (Wildman–Crippen LogP) is 2.00. The first-order chi connectivity index (χ1) is 12.5. The van der Waals surface area contributed by atoms with Gasteiger partial charge in [-0.25, -0.2) is 0 Å². The Hall–Kier alpha value is -1.89. The summed E-state index contributed by atoms with van der Waals surface area (Å²) in [6.45, 7) is 5.45. The van der Waals surface area contributed by atoms with Crippen LogP contribution in [0, 0.1) is 39.9 Å². The van der Waals surface area contributed by atoms with Crippen molar-refractivity contribution in [1.29, 1.82) is 0 Å². The number of aliphatic hydroxyl groups excluding tert-OH is 1. The summed E-state index contributed by atoms with van der Waals surface area (Å²) in [6.07, 6.45) is 1.24. The summed E-state index contributed by atoms with van der Waals surface area (Å²) in [5.41, 5.74) is -3.08. The van der Waals surface area contributed by atoms with E-state index < -0.39 is 58.0 Å². The number of aliphatic carboxylic acids is 3. The number of allylic oxidation sites excluding steroid dienone is 1. The van der Waals surface area contributed by atoms with Gasteiger partial charge in [0, 0.05) is 5.92 Å². The molecule has 0 saturated heterocycles. The van der Waals surface area contributed by atoms with E-state index in [0.29, 0.717) is 19.3 Å². The fraction of sp³-hybridized carbons (Fsp3) is 0.750. The van der Waals surface area contributed by atoms with Crippen LogP contribution in [0.4, 0.5) is 0 Å². The molecule has 4 rings (SSSR count). The van der Waals surface area contributed by atoms with Gasteiger partial charge in [0.1, 0.15) is 0 Å².